The molecule has 1 aromatic rings. The summed E-state index contributed by atoms with van der Waals surface area (Å²) in [5.41, 5.74) is 3.31. The Kier molecular flexibility index (Phi) is 5.11. The number of nitrogens with one attached hydrogen (secondary N) is 1. The van der Waals surface area contributed by atoms with Crippen LogP contribution in [0.15, 0.2) is 35.4 Å². The number of hydrogen-bond acceptors (Lipinski definition) is 3. The van der Waals surface area contributed by atoms with Gasteiger partial charge in [0.1, 0.15) is 6.61 Å². The van der Waals surface area contributed by atoms with E-state index in [1.807, 2.05) is 37.3 Å². The number of hydrazone groups is 1. The number of amides is 1. The van der Waals surface area contributed by atoms with Crippen LogP contribution in [0.4, 0.5) is 0 Å². The quantitative estimate of drug-likeness (QED) is 0.581. The Morgan fingerprint density at radius 2 is 2.20 bits per heavy atom. The van der Waals surface area contributed by atoms with E-state index in [0.29, 0.717) is 6.61 Å². The summed E-state index contributed by atoms with van der Waals surface area (Å²) in [4.78, 5) is 11.0. The number of hydrogen-bond donors (Lipinski definition) is 1. The Morgan fingerprint density at radius 3 is 2.87 bits per heavy atom. The molecule has 0 saturated heterocycles. The molecule has 1 rings (SSSR count). The van der Waals surface area contributed by atoms with Crippen molar-refractivity contribution in [2.45, 2.75) is 6.92 Å². The van der Waals surface area contributed by atoms with Crippen LogP contribution in [0.5, 0.6) is 0 Å². The van der Waals surface area contributed by atoms with Crippen molar-refractivity contribution in [2.75, 3.05) is 13.2 Å². The lowest BCUT2D eigenvalue weighted by atomic mass is 10.2. The van der Waals surface area contributed by atoms with Crippen LogP contribution in [0.25, 0.3) is 0 Å². The van der Waals surface area contributed by atoms with Gasteiger partial charge in [0.05, 0.1) is 6.21 Å². The summed E-state index contributed by atoms with van der Waals surface area (Å²) in [6, 6.07) is 9.54. The number of carbonyl (C=O) groups is 1. The normalized spacial score (nSPS) is 10.5. The van der Waals surface area contributed by atoms with Crippen molar-refractivity contribution in [1.82, 2.24) is 5.43 Å². The van der Waals surface area contributed by atoms with Gasteiger partial charge < -0.3 is 4.74 Å². The number of benzene rings is 1. The molecular formula is C11H14N2O2. The minimum atomic E-state index is -0.246. The highest BCUT2D eigenvalue weighted by atomic mass is 16.5. The zero-order valence-electron chi connectivity index (χ0n) is 8.64. The van der Waals surface area contributed by atoms with Crippen molar-refractivity contribution in [3.05, 3.63) is 35.9 Å². The number of nitrogens with zero attached hydrogens (tertiary/aromatic N) is 1. The van der Waals surface area contributed by atoms with E-state index in [2.05, 4.69) is 10.5 Å². The zero-order chi connectivity index (χ0) is 10.9. The molecule has 0 bridgehead atoms. The van der Waals surface area contributed by atoms with E-state index < -0.39 is 0 Å². The molecule has 80 valence electrons. The van der Waals surface area contributed by atoms with E-state index in [9.17, 15) is 4.79 Å². The third-order valence-corrected chi connectivity index (χ3v) is 1.64. The van der Waals surface area contributed by atoms with Gasteiger partial charge in [-0.15, -0.1) is 0 Å². The molecule has 0 heterocycles. The van der Waals surface area contributed by atoms with Crippen molar-refractivity contribution in [2.24, 2.45) is 5.10 Å². The second-order valence-corrected chi connectivity index (χ2v) is 2.84. The van der Waals surface area contributed by atoms with Gasteiger partial charge in [-0.05, 0) is 12.5 Å². The lowest BCUT2D eigenvalue weighted by molar-refractivity contribution is -0.125. The standard InChI is InChI=1S/C11H14N2O2/c1-2-15-9-11(14)13-12-8-10-6-4-3-5-7-10/h3-8H,2,9H2,1H3,(H,13,14)/b12-8+. The molecule has 4 nitrogen and oxygen atoms in total. The average Bonchev–Trinajstić information content (AvgIpc) is 2.28. The van der Waals surface area contributed by atoms with Gasteiger partial charge in [-0.1, -0.05) is 30.3 Å². The van der Waals surface area contributed by atoms with Gasteiger partial charge in [0.15, 0.2) is 0 Å². The lowest BCUT2D eigenvalue weighted by Crippen LogP contribution is -2.22. The summed E-state index contributed by atoms with van der Waals surface area (Å²) in [6.07, 6.45) is 1.59. The second kappa shape index (κ2) is 6.73. The molecule has 1 amide bonds. The molecule has 0 atom stereocenters. The van der Waals surface area contributed by atoms with Gasteiger partial charge >= 0.3 is 0 Å². The molecule has 0 aliphatic heterocycles. The van der Waals surface area contributed by atoms with Gasteiger partial charge in [0.2, 0.25) is 0 Å². The van der Waals surface area contributed by atoms with E-state index in [1.54, 1.807) is 6.21 Å². The fourth-order valence-corrected chi connectivity index (χ4v) is 0.945. The van der Waals surface area contributed by atoms with Crippen molar-refractivity contribution in [3.63, 3.8) is 0 Å². The Morgan fingerprint density at radius 1 is 1.47 bits per heavy atom. The minimum absolute atomic E-state index is 0.0443. The molecule has 0 aliphatic rings. The first-order chi connectivity index (χ1) is 7.33. The van der Waals surface area contributed by atoms with Gasteiger partial charge in [0.25, 0.3) is 5.91 Å². The SMILES string of the molecule is CCOCC(=O)N/N=C/c1ccccc1. The Labute approximate surface area is 88.9 Å². The first-order valence-corrected chi connectivity index (χ1v) is 4.77. The highest BCUT2D eigenvalue weighted by Gasteiger charge is 1.96. The smallest absolute Gasteiger partial charge is 0.266 e. The average molecular weight is 206 g/mol. The van der Waals surface area contributed by atoms with Crippen LogP contribution < -0.4 is 5.43 Å². The topological polar surface area (TPSA) is 50.7 Å². The van der Waals surface area contributed by atoms with Crippen LogP contribution >= 0.6 is 0 Å². The minimum Gasteiger partial charge on any atom is -0.372 e. The lowest BCUT2D eigenvalue weighted by Gasteiger charge is -1.98. The van der Waals surface area contributed by atoms with Crippen molar-refractivity contribution < 1.29 is 9.53 Å². The fraction of sp³-hybridized carbons (Fsp3) is 0.273. The van der Waals surface area contributed by atoms with E-state index in [-0.39, 0.29) is 12.5 Å². The van der Waals surface area contributed by atoms with Crippen LogP contribution in [-0.4, -0.2) is 25.3 Å². The Hall–Kier alpha value is -1.68. The first-order valence-electron chi connectivity index (χ1n) is 4.77. The zero-order valence-corrected chi connectivity index (χ0v) is 8.64. The molecule has 0 saturated carbocycles. The van der Waals surface area contributed by atoms with E-state index in [4.69, 9.17) is 4.74 Å². The molecule has 4 heteroatoms. The summed E-state index contributed by atoms with van der Waals surface area (Å²) < 4.78 is 4.91. The highest BCUT2D eigenvalue weighted by molar-refractivity contribution is 5.82. The Balaban J connectivity index is 2.31. The van der Waals surface area contributed by atoms with Gasteiger partial charge in [0, 0.05) is 6.61 Å². The van der Waals surface area contributed by atoms with Crippen molar-refractivity contribution in [1.29, 1.82) is 0 Å². The maximum Gasteiger partial charge on any atom is 0.266 e. The van der Waals surface area contributed by atoms with Crippen LogP contribution in [0.1, 0.15) is 12.5 Å². The maximum absolute atomic E-state index is 11.0. The first kappa shape index (κ1) is 11.4. The molecule has 0 aliphatic carbocycles. The van der Waals surface area contributed by atoms with E-state index in [0.717, 1.165) is 5.56 Å². The van der Waals surface area contributed by atoms with Gasteiger partial charge in [-0.3, -0.25) is 4.79 Å². The molecule has 0 radical (unpaired) electrons. The summed E-state index contributed by atoms with van der Waals surface area (Å²) >= 11 is 0. The summed E-state index contributed by atoms with van der Waals surface area (Å²) in [5.74, 6) is -0.246. The predicted octanol–water partition coefficient (Wildman–Crippen LogP) is 1.17. The van der Waals surface area contributed by atoms with Crippen molar-refractivity contribution >= 4 is 12.1 Å². The molecule has 1 N–H and O–H groups in total. The summed E-state index contributed by atoms with van der Waals surface area (Å²) in [5, 5.41) is 3.79. The predicted molar refractivity (Wildman–Crippen MR) is 58.7 cm³/mol. The third kappa shape index (κ3) is 4.93. The van der Waals surface area contributed by atoms with Crippen LogP contribution in [-0.2, 0) is 9.53 Å². The summed E-state index contributed by atoms with van der Waals surface area (Å²) in [6.45, 7) is 2.40. The molecule has 1 aromatic carbocycles. The molecule has 0 fully saturated rings. The number of ether oxygens (including phenoxy) is 1. The van der Waals surface area contributed by atoms with Gasteiger partial charge in [-0.2, -0.15) is 5.10 Å². The molecular weight excluding hydrogens is 192 g/mol. The van der Waals surface area contributed by atoms with E-state index >= 15 is 0 Å². The van der Waals surface area contributed by atoms with Crippen molar-refractivity contribution in [3.8, 4) is 0 Å². The third-order valence-electron chi connectivity index (χ3n) is 1.64. The van der Waals surface area contributed by atoms with Crippen LogP contribution in [0, 0.1) is 0 Å². The van der Waals surface area contributed by atoms with Gasteiger partial charge in [-0.25, -0.2) is 5.43 Å². The Bertz CT molecular complexity index is 323. The largest absolute Gasteiger partial charge is 0.372 e. The number of carbonyl (C=O) groups excluding carboxylic acids is 1. The molecule has 15 heavy (non-hydrogen) atoms. The molecule has 0 spiro atoms. The van der Waals surface area contributed by atoms with E-state index in [1.165, 1.54) is 0 Å². The number of rotatable bonds is 5. The molecule has 0 aromatic heterocycles. The maximum atomic E-state index is 11.0. The highest BCUT2D eigenvalue weighted by Crippen LogP contribution is 1.92. The second-order valence-electron chi connectivity index (χ2n) is 2.84. The monoisotopic (exact) mass is 206 g/mol. The summed E-state index contributed by atoms with van der Waals surface area (Å²) in [7, 11) is 0. The van der Waals surface area contributed by atoms with Crippen LogP contribution in [0.2, 0.25) is 0 Å². The van der Waals surface area contributed by atoms with Crippen LogP contribution in [0.3, 0.4) is 0 Å². The molecule has 0 unspecified atom stereocenters. The fourth-order valence-electron chi connectivity index (χ4n) is 0.945.